The number of hydrogen-bond acceptors (Lipinski definition) is 5. The summed E-state index contributed by atoms with van der Waals surface area (Å²) in [5.74, 6) is 0. The van der Waals surface area contributed by atoms with E-state index in [0.29, 0.717) is 18.7 Å². The van der Waals surface area contributed by atoms with Crippen LogP contribution in [0.4, 0.5) is 4.79 Å². The summed E-state index contributed by atoms with van der Waals surface area (Å²) < 4.78 is 5.07. The van der Waals surface area contributed by atoms with Crippen molar-refractivity contribution in [2.24, 2.45) is 0 Å². The number of alkyl carbamates (subject to hydrolysis) is 1. The van der Waals surface area contributed by atoms with Gasteiger partial charge in [-0.05, 0) is 12.5 Å². The minimum absolute atomic E-state index is 0.0290. The number of ether oxygens (including phenoxy) is 1. The van der Waals surface area contributed by atoms with E-state index in [1.54, 1.807) is 0 Å². The first-order chi connectivity index (χ1) is 10.7. The molecule has 1 rings (SSSR count). The van der Waals surface area contributed by atoms with E-state index in [2.05, 4.69) is 10.6 Å². The van der Waals surface area contributed by atoms with Crippen LogP contribution in [0.25, 0.3) is 0 Å². The molecule has 0 bridgehead atoms. The first kappa shape index (κ1) is 17.1. The molecule has 0 radical (unpaired) electrons. The van der Waals surface area contributed by atoms with Crippen LogP contribution in [0.1, 0.15) is 18.9 Å². The monoisotopic (exact) mass is 298 g/mol. The van der Waals surface area contributed by atoms with E-state index in [0.717, 1.165) is 5.56 Å². The van der Waals surface area contributed by atoms with Crippen LogP contribution in [0.3, 0.4) is 0 Å². The van der Waals surface area contributed by atoms with Gasteiger partial charge in [0.05, 0.1) is 0 Å². The van der Waals surface area contributed by atoms with Gasteiger partial charge in [-0.1, -0.05) is 30.3 Å². The van der Waals surface area contributed by atoms with Crippen LogP contribution in [0.15, 0.2) is 41.6 Å². The molecule has 1 amide bonds. The predicted octanol–water partition coefficient (Wildman–Crippen LogP) is 2.21. The maximum Gasteiger partial charge on any atom is 0.407 e. The number of rotatable bonds is 7. The van der Waals surface area contributed by atoms with Gasteiger partial charge in [-0.15, -0.1) is 0 Å². The van der Waals surface area contributed by atoms with E-state index in [1.807, 2.05) is 49.4 Å². The van der Waals surface area contributed by atoms with Crippen LogP contribution in [0.5, 0.6) is 0 Å². The highest BCUT2D eigenvalue weighted by Crippen LogP contribution is 2.04. The van der Waals surface area contributed by atoms with Gasteiger partial charge in [0.25, 0.3) is 0 Å². The summed E-state index contributed by atoms with van der Waals surface area (Å²) in [7, 11) is 0. The van der Waals surface area contributed by atoms with Gasteiger partial charge in [-0.25, -0.2) is 4.79 Å². The molecule has 0 aliphatic rings. The van der Waals surface area contributed by atoms with Crippen LogP contribution in [-0.2, 0) is 11.3 Å². The molecule has 2 N–H and O–H groups in total. The average Bonchev–Trinajstić information content (AvgIpc) is 2.55. The lowest BCUT2D eigenvalue weighted by Gasteiger charge is -2.10. The molecule has 6 nitrogen and oxygen atoms in total. The van der Waals surface area contributed by atoms with Crippen LogP contribution >= 0.6 is 0 Å². The van der Waals surface area contributed by atoms with Gasteiger partial charge in [0.15, 0.2) is 0 Å². The second-order valence-corrected chi connectivity index (χ2v) is 4.35. The van der Waals surface area contributed by atoms with Crippen LogP contribution in [-0.4, -0.2) is 19.2 Å². The molecule has 6 heteroatoms. The van der Waals surface area contributed by atoms with Crippen molar-refractivity contribution in [3.05, 3.63) is 47.2 Å². The van der Waals surface area contributed by atoms with Gasteiger partial charge >= 0.3 is 6.09 Å². The Morgan fingerprint density at radius 1 is 1.18 bits per heavy atom. The maximum atomic E-state index is 11.6. The highest BCUT2D eigenvalue weighted by Gasteiger charge is 2.07. The number of hydrogen-bond donors (Lipinski definition) is 2. The normalized spacial score (nSPS) is 9.05. The van der Waals surface area contributed by atoms with Crippen molar-refractivity contribution in [1.82, 2.24) is 10.6 Å². The minimum atomic E-state index is -0.532. The van der Waals surface area contributed by atoms with Crippen molar-refractivity contribution in [1.29, 1.82) is 10.5 Å². The van der Waals surface area contributed by atoms with E-state index >= 15 is 0 Å². The molecular formula is C16H18N4O2. The predicted molar refractivity (Wildman–Crippen MR) is 81.2 cm³/mol. The lowest BCUT2D eigenvalue weighted by molar-refractivity contribution is 0.140. The summed E-state index contributed by atoms with van der Waals surface area (Å²) in [5.41, 5.74) is 1.46. The number of amides is 1. The zero-order valence-corrected chi connectivity index (χ0v) is 12.4. The van der Waals surface area contributed by atoms with Gasteiger partial charge in [0.1, 0.15) is 24.3 Å². The number of carbonyl (C=O) groups is 1. The first-order valence-corrected chi connectivity index (χ1v) is 6.93. The van der Waals surface area contributed by atoms with E-state index in [1.165, 1.54) is 0 Å². The zero-order valence-electron chi connectivity index (χ0n) is 12.4. The number of nitriles is 2. The molecule has 0 aliphatic carbocycles. The Balaban J connectivity index is 2.39. The number of benzene rings is 1. The Hall–Kier alpha value is -2.99. The van der Waals surface area contributed by atoms with Crippen molar-refractivity contribution in [2.45, 2.75) is 20.0 Å². The molecule has 0 saturated carbocycles. The standard InChI is InChI=1S/C16H18N4O2/c1-2-19-15(14(10-17)11-18)8-9-20-16(21)22-12-13-6-4-3-5-7-13/h3-7,19H,2,8-9,12H2,1H3,(H,20,21). The van der Waals surface area contributed by atoms with Gasteiger partial charge < -0.3 is 15.4 Å². The highest BCUT2D eigenvalue weighted by molar-refractivity contribution is 5.67. The van der Waals surface area contributed by atoms with Crippen LogP contribution in [0.2, 0.25) is 0 Å². The largest absolute Gasteiger partial charge is 0.445 e. The van der Waals surface area contributed by atoms with Gasteiger partial charge in [-0.2, -0.15) is 10.5 Å². The summed E-state index contributed by atoms with van der Waals surface area (Å²) in [4.78, 5) is 11.6. The summed E-state index contributed by atoms with van der Waals surface area (Å²) >= 11 is 0. The summed E-state index contributed by atoms with van der Waals surface area (Å²) in [5, 5.41) is 23.3. The van der Waals surface area contributed by atoms with Gasteiger partial charge in [-0.3, -0.25) is 0 Å². The highest BCUT2D eigenvalue weighted by atomic mass is 16.5. The summed E-state index contributed by atoms with van der Waals surface area (Å²) in [6.07, 6.45) is -0.166. The minimum Gasteiger partial charge on any atom is -0.445 e. The molecular weight excluding hydrogens is 280 g/mol. The Morgan fingerprint density at radius 2 is 1.86 bits per heavy atom. The molecule has 114 valence electrons. The van der Waals surface area contributed by atoms with Crippen molar-refractivity contribution in [3.63, 3.8) is 0 Å². The van der Waals surface area contributed by atoms with Crippen molar-refractivity contribution >= 4 is 6.09 Å². The van der Waals surface area contributed by atoms with Gasteiger partial charge in [0, 0.05) is 25.2 Å². The smallest absolute Gasteiger partial charge is 0.407 e. The molecule has 0 saturated heterocycles. The van der Waals surface area contributed by atoms with Crippen LogP contribution in [0, 0.1) is 22.7 Å². The summed E-state index contributed by atoms with van der Waals surface area (Å²) in [6.45, 7) is 2.95. The fourth-order valence-corrected chi connectivity index (χ4v) is 1.74. The van der Waals surface area contributed by atoms with Crippen molar-refractivity contribution in [2.75, 3.05) is 13.1 Å². The number of nitrogens with one attached hydrogen (secondary N) is 2. The molecule has 1 aromatic carbocycles. The molecule has 0 fully saturated rings. The Kier molecular flexibility index (Phi) is 7.63. The van der Waals surface area contributed by atoms with Crippen LogP contribution < -0.4 is 10.6 Å². The Labute approximate surface area is 130 Å². The van der Waals surface area contributed by atoms with Crippen molar-refractivity contribution < 1.29 is 9.53 Å². The Morgan fingerprint density at radius 3 is 2.45 bits per heavy atom. The number of allylic oxidation sites excluding steroid dienone is 1. The number of nitrogens with zero attached hydrogens (tertiary/aromatic N) is 2. The molecule has 1 aromatic rings. The molecule has 0 unspecified atom stereocenters. The molecule has 0 atom stereocenters. The van der Waals surface area contributed by atoms with E-state index < -0.39 is 6.09 Å². The molecule has 0 aromatic heterocycles. The second-order valence-electron chi connectivity index (χ2n) is 4.35. The summed E-state index contributed by atoms with van der Waals surface area (Å²) in [6, 6.07) is 13.0. The fraction of sp³-hybridized carbons (Fsp3) is 0.312. The molecule has 0 heterocycles. The molecule has 22 heavy (non-hydrogen) atoms. The quantitative estimate of drug-likeness (QED) is 0.752. The molecule has 0 aliphatic heterocycles. The lowest BCUT2D eigenvalue weighted by Crippen LogP contribution is -2.27. The van der Waals surface area contributed by atoms with E-state index in [4.69, 9.17) is 15.3 Å². The third-order valence-corrected chi connectivity index (χ3v) is 2.77. The third kappa shape index (κ3) is 5.98. The first-order valence-electron chi connectivity index (χ1n) is 6.93. The topological polar surface area (TPSA) is 97.9 Å². The average molecular weight is 298 g/mol. The zero-order chi connectivity index (χ0) is 16.2. The Bertz CT molecular complexity index is 581. The number of carbonyl (C=O) groups excluding carboxylic acids is 1. The van der Waals surface area contributed by atoms with Gasteiger partial charge in [0.2, 0.25) is 0 Å². The molecule has 0 spiro atoms. The van der Waals surface area contributed by atoms with E-state index in [9.17, 15) is 4.79 Å². The fourth-order valence-electron chi connectivity index (χ4n) is 1.74. The van der Waals surface area contributed by atoms with E-state index in [-0.39, 0.29) is 18.7 Å². The second kappa shape index (κ2) is 9.84. The lowest BCUT2D eigenvalue weighted by atomic mass is 10.2. The maximum absolute atomic E-state index is 11.6. The third-order valence-electron chi connectivity index (χ3n) is 2.77. The van der Waals surface area contributed by atoms with Crippen molar-refractivity contribution in [3.8, 4) is 12.1 Å². The SMILES string of the molecule is CCNC(CCNC(=O)OCc1ccccc1)=C(C#N)C#N.